The first-order valence-electron chi connectivity index (χ1n) is 8.20. The minimum absolute atomic E-state index is 1.06. The van der Waals surface area contributed by atoms with Crippen LogP contribution in [0.4, 0.5) is 5.69 Å². The number of fused-ring (bicyclic) bond motifs is 4. The predicted molar refractivity (Wildman–Crippen MR) is 95.8 cm³/mol. The van der Waals surface area contributed by atoms with E-state index in [1.807, 2.05) is 0 Å². The molecule has 0 heterocycles. The normalized spacial score (nSPS) is 12.3. The van der Waals surface area contributed by atoms with Crippen molar-refractivity contribution in [1.82, 2.24) is 0 Å². The summed E-state index contributed by atoms with van der Waals surface area (Å²) in [6.45, 7) is 6.56. The Kier molecular flexibility index (Phi) is 3.15. The molecule has 1 aliphatic carbocycles. The van der Waals surface area contributed by atoms with Crippen molar-refractivity contribution in [2.24, 2.45) is 0 Å². The number of benzene rings is 3. The molecule has 0 N–H and O–H groups in total. The lowest BCUT2D eigenvalue weighted by atomic mass is 10.0. The second-order valence-electron chi connectivity index (χ2n) is 6.05. The molecule has 0 unspecified atom stereocenters. The van der Waals surface area contributed by atoms with Gasteiger partial charge in [0, 0.05) is 18.8 Å². The highest BCUT2D eigenvalue weighted by atomic mass is 15.1. The zero-order chi connectivity index (χ0) is 15.1. The molecule has 0 fully saturated rings. The third kappa shape index (κ3) is 2.00. The van der Waals surface area contributed by atoms with Gasteiger partial charge in [-0.1, -0.05) is 36.4 Å². The summed E-state index contributed by atoms with van der Waals surface area (Å²) in [6, 6.07) is 20.3. The van der Waals surface area contributed by atoms with Crippen LogP contribution in [0.3, 0.4) is 0 Å². The van der Waals surface area contributed by atoms with E-state index in [1.54, 1.807) is 0 Å². The minimum atomic E-state index is 1.06. The zero-order valence-electron chi connectivity index (χ0n) is 13.3. The largest absolute Gasteiger partial charge is 0.372 e. The van der Waals surface area contributed by atoms with Gasteiger partial charge in [-0.3, -0.25) is 0 Å². The van der Waals surface area contributed by atoms with Crippen LogP contribution in [-0.2, 0) is 6.42 Å². The van der Waals surface area contributed by atoms with E-state index < -0.39 is 0 Å². The summed E-state index contributed by atoms with van der Waals surface area (Å²) < 4.78 is 0. The Bertz CT molecular complexity index is 844. The average molecular weight is 287 g/mol. The first-order valence-corrected chi connectivity index (χ1v) is 8.20. The van der Waals surface area contributed by atoms with Crippen LogP contribution in [0.5, 0.6) is 0 Å². The van der Waals surface area contributed by atoms with Gasteiger partial charge >= 0.3 is 0 Å². The average Bonchev–Trinajstić information content (AvgIpc) is 2.90. The molecule has 0 aromatic heterocycles. The third-order valence-electron chi connectivity index (χ3n) is 4.86. The van der Waals surface area contributed by atoms with Crippen LogP contribution < -0.4 is 4.90 Å². The third-order valence-corrected chi connectivity index (χ3v) is 4.86. The van der Waals surface area contributed by atoms with Crippen molar-refractivity contribution in [2.75, 3.05) is 18.0 Å². The van der Waals surface area contributed by atoms with Gasteiger partial charge in [-0.2, -0.15) is 0 Å². The van der Waals surface area contributed by atoms with E-state index in [0.29, 0.717) is 0 Å². The van der Waals surface area contributed by atoms with Crippen LogP contribution in [0, 0.1) is 0 Å². The molecule has 3 aromatic rings. The molecular formula is C21H21N. The number of nitrogens with zero attached hydrogens (tertiary/aromatic N) is 1. The summed E-state index contributed by atoms with van der Waals surface area (Å²) in [4.78, 5) is 2.42. The smallest absolute Gasteiger partial charge is 0.0369 e. The first-order chi connectivity index (χ1) is 10.8. The van der Waals surface area contributed by atoms with Gasteiger partial charge in [0.25, 0.3) is 0 Å². The highest BCUT2D eigenvalue weighted by Crippen LogP contribution is 2.40. The summed E-state index contributed by atoms with van der Waals surface area (Å²) >= 11 is 0. The highest BCUT2D eigenvalue weighted by Gasteiger charge is 2.20. The second-order valence-corrected chi connectivity index (χ2v) is 6.05. The van der Waals surface area contributed by atoms with E-state index in [-0.39, 0.29) is 0 Å². The topological polar surface area (TPSA) is 3.24 Å². The molecule has 0 saturated carbocycles. The SMILES string of the molecule is CCN(CC)c1ccc2c(c1)Cc1cc3ccccc3cc1-2. The number of rotatable bonds is 3. The van der Waals surface area contributed by atoms with Crippen molar-refractivity contribution >= 4 is 16.5 Å². The maximum atomic E-state index is 2.42. The molecule has 1 aliphatic rings. The summed E-state index contributed by atoms with van der Waals surface area (Å²) in [5, 5.41) is 2.68. The lowest BCUT2D eigenvalue weighted by Crippen LogP contribution is -2.21. The van der Waals surface area contributed by atoms with Gasteiger partial charge in [0.2, 0.25) is 0 Å². The number of hydrogen-bond acceptors (Lipinski definition) is 1. The number of anilines is 1. The Balaban J connectivity index is 1.83. The van der Waals surface area contributed by atoms with E-state index in [0.717, 1.165) is 19.5 Å². The van der Waals surface area contributed by atoms with E-state index >= 15 is 0 Å². The maximum absolute atomic E-state index is 2.42. The molecule has 1 heteroatoms. The van der Waals surface area contributed by atoms with Crippen molar-refractivity contribution in [3.05, 3.63) is 65.7 Å². The molecule has 110 valence electrons. The van der Waals surface area contributed by atoms with Crippen molar-refractivity contribution in [3.63, 3.8) is 0 Å². The van der Waals surface area contributed by atoms with Crippen LogP contribution >= 0.6 is 0 Å². The summed E-state index contributed by atoms with van der Waals surface area (Å²) in [5.74, 6) is 0. The molecule has 4 rings (SSSR count). The van der Waals surface area contributed by atoms with Crippen molar-refractivity contribution in [1.29, 1.82) is 0 Å². The Morgan fingerprint density at radius 1 is 0.773 bits per heavy atom. The fourth-order valence-electron chi connectivity index (χ4n) is 3.66. The molecule has 0 atom stereocenters. The van der Waals surface area contributed by atoms with Gasteiger partial charge in [0.15, 0.2) is 0 Å². The fourth-order valence-corrected chi connectivity index (χ4v) is 3.66. The van der Waals surface area contributed by atoms with Crippen LogP contribution in [0.2, 0.25) is 0 Å². The Labute approximate surface area is 132 Å². The van der Waals surface area contributed by atoms with Gasteiger partial charge in [0.1, 0.15) is 0 Å². The molecule has 0 bridgehead atoms. The minimum Gasteiger partial charge on any atom is -0.372 e. The van der Waals surface area contributed by atoms with E-state index in [4.69, 9.17) is 0 Å². The van der Waals surface area contributed by atoms with E-state index in [1.165, 1.54) is 38.7 Å². The van der Waals surface area contributed by atoms with Gasteiger partial charge in [-0.05, 0) is 71.5 Å². The predicted octanol–water partition coefficient (Wildman–Crippen LogP) is 5.26. The van der Waals surface area contributed by atoms with Crippen LogP contribution in [0.25, 0.3) is 21.9 Å². The summed E-state index contributed by atoms with van der Waals surface area (Å²) in [7, 11) is 0. The second kappa shape index (κ2) is 5.17. The summed E-state index contributed by atoms with van der Waals surface area (Å²) in [5.41, 5.74) is 7.11. The lowest BCUT2D eigenvalue weighted by Gasteiger charge is -2.21. The maximum Gasteiger partial charge on any atom is 0.0369 e. The van der Waals surface area contributed by atoms with E-state index in [9.17, 15) is 0 Å². The molecule has 22 heavy (non-hydrogen) atoms. The standard InChI is InChI=1S/C21H21N/c1-3-22(4-2)19-9-10-20-18(13-19)12-17-11-15-7-5-6-8-16(15)14-21(17)20/h5-11,13-14H,3-4,12H2,1-2H3. The monoisotopic (exact) mass is 287 g/mol. The van der Waals surface area contributed by atoms with Crippen LogP contribution in [-0.4, -0.2) is 13.1 Å². The Morgan fingerprint density at radius 2 is 1.45 bits per heavy atom. The molecular weight excluding hydrogens is 266 g/mol. The first kappa shape index (κ1) is 13.4. The fraction of sp³-hybridized carbons (Fsp3) is 0.238. The molecule has 0 spiro atoms. The molecule has 0 aliphatic heterocycles. The van der Waals surface area contributed by atoms with Crippen molar-refractivity contribution < 1.29 is 0 Å². The zero-order valence-corrected chi connectivity index (χ0v) is 13.3. The lowest BCUT2D eigenvalue weighted by molar-refractivity contribution is 0.865. The highest BCUT2D eigenvalue weighted by molar-refractivity contribution is 5.92. The Morgan fingerprint density at radius 3 is 2.18 bits per heavy atom. The van der Waals surface area contributed by atoms with E-state index in [2.05, 4.69) is 73.3 Å². The Hall–Kier alpha value is -2.28. The van der Waals surface area contributed by atoms with Gasteiger partial charge in [-0.25, -0.2) is 0 Å². The summed E-state index contributed by atoms with van der Waals surface area (Å²) in [6.07, 6.45) is 1.06. The molecule has 0 radical (unpaired) electrons. The van der Waals surface area contributed by atoms with Crippen molar-refractivity contribution in [3.8, 4) is 11.1 Å². The molecule has 3 aromatic carbocycles. The quantitative estimate of drug-likeness (QED) is 0.497. The molecule has 1 nitrogen and oxygen atoms in total. The van der Waals surface area contributed by atoms with Crippen LogP contribution in [0.1, 0.15) is 25.0 Å². The molecule has 0 saturated heterocycles. The number of hydrogen-bond donors (Lipinski definition) is 0. The van der Waals surface area contributed by atoms with Gasteiger partial charge in [-0.15, -0.1) is 0 Å². The molecule has 0 amide bonds. The van der Waals surface area contributed by atoms with Gasteiger partial charge < -0.3 is 4.90 Å². The van der Waals surface area contributed by atoms with Gasteiger partial charge in [0.05, 0.1) is 0 Å². The van der Waals surface area contributed by atoms with Crippen LogP contribution in [0.15, 0.2) is 54.6 Å². The van der Waals surface area contributed by atoms with Crippen molar-refractivity contribution in [2.45, 2.75) is 20.3 Å².